The summed E-state index contributed by atoms with van der Waals surface area (Å²) in [5.41, 5.74) is 1.23. The lowest BCUT2D eigenvalue weighted by Crippen LogP contribution is -2.32. The maximum Gasteiger partial charge on any atom is 0.251 e. The summed E-state index contributed by atoms with van der Waals surface area (Å²) in [4.78, 5) is 24.4. The van der Waals surface area contributed by atoms with E-state index in [1.54, 1.807) is 12.1 Å². The second-order valence-corrected chi connectivity index (χ2v) is 5.81. The van der Waals surface area contributed by atoms with Gasteiger partial charge in [0, 0.05) is 23.1 Å². The van der Waals surface area contributed by atoms with Gasteiger partial charge in [-0.3, -0.25) is 9.59 Å². The third kappa shape index (κ3) is 3.74. The van der Waals surface area contributed by atoms with Gasteiger partial charge in [0.25, 0.3) is 5.91 Å². The zero-order valence-electron chi connectivity index (χ0n) is 11.3. The van der Waals surface area contributed by atoms with Crippen molar-refractivity contribution in [1.82, 2.24) is 5.32 Å². The van der Waals surface area contributed by atoms with Gasteiger partial charge in [-0.05, 0) is 38.0 Å². The number of amides is 2. The zero-order valence-corrected chi connectivity index (χ0v) is 12.1. The molecule has 0 radical (unpaired) electrons. The molecule has 1 aromatic carbocycles. The van der Waals surface area contributed by atoms with Crippen LogP contribution >= 0.6 is 11.8 Å². The Morgan fingerprint density at radius 1 is 1.55 bits per heavy atom. The normalized spacial score (nSPS) is 15.2. The van der Waals surface area contributed by atoms with E-state index < -0.39 is 0 Å². The molecule has 0 bridgehead atoms. The number of hydrogen-bond donors (Lipinski definition) is 3. The van der Waals surface area contributed by atoms with Crippen LogP contribution in [0.1, 0.15) is 30.1 Å². The number of hydrogen-bond acceptors (Lipinski definition) is 4. The van der Waals surface area contributed by atoms with Gasteiger partial charge in [-0.25, -0.2) is 0 Å². The Morgan fingerprint density at radius 2 is 2.35 bits per heavy atom. The average Bonchev–Trinajstić information content (AvgIpc) is 2.44. The van der Waals surface area contributed by atoms with Gasteiger partial charge in [-0.15, -0.1) is 11.8 Å². The summed E-state index contributed by atoms with van der Waals surface area (Å²) in [6, 6.07) is 5.33. The van der Waals surface area contributed by atoms with E-state index in [2.05, 4.69) is 10.6 Å². The molecule has 1 unspecified atom stereocenters. The molecule has 0 spiro atoms. The molecule has 5 nitrogen and oxygen atoms in total. The monoisotopic (exact) mass is 294 g/mol. The molecule has 6 heteroatoms. The van der Waals surface area contributed by atoms with Gasteiger partial charge in [-0.1, -0.05) is 0 Å². The van der Waals surface area contributed by atoms with Crippen molar-refractivity contribution in [3.8, 4) is 0 Å². The van der Waals surface area contributed by atoms with Crippen molar-refractivity contribution in [2.45, 2.75) is 30.7 Å². The number of fused-ring (bicyclic) bond motifs is 1. The Morgan fingerprint density at radius 3 is 3.10 bits per heavy atom. The molecule has 3 N–H and O–H groups in total. The molecule has 20 heavy (non-hydrogen) atoms. The number of benzene rings is 1. The van der Waals surface area contributed by atoms with Crippen molar-refractivity contribution >= 4 is 29.3 Å². The molecule has 1 aromatic rings. The van der Waals surface area contributed by atoms with Crippen molar-refractivity contribution < 1.29 is 14.7 Å². The molecule has 1 aliphatic rings. The van der Waals surface area contributed by atoms with Gasteiger partial charge in [0.05, 0.1) is 11.4 Å². The van der Waals surface area contributed by atoms with E-state index in [9.17, 15) is 9.59 Å². The SMILES string of the molecule is CC(CCCO)NC(=O)c1ccc2c(c1)NC(=O)CS2. The molecule has 0 saturated carbocycles. The minimum atomic E-state index is -0.164. The predicted molar refractivity (Wildman–Crippen MR) is 79.0 cm³/mol. The topological polar surface area (TPSA) is 78.4 Å². The first-order valence-electron chi connectivity index (χ1n) is 6.58. The molecule has 0 aliphatic carbocycles. The van der Waals surface area contributed by atoms with E-state index in [0.717, 1.165) is 11.3 Å². The molecular weight excluding hydrogens is 276 g/mol. The van der Waals surface area contributed by atoms with Crippen LogP contribution in [-0.2, 0) is 4.79 Å². The zero-order chi connectivity index (χ0) is 14.5. The summed E-state index contributed by atoms with van der Waals surface area (Å²) < 4.78 is 0. The number of rotatable bonds is 5. The van der Waals surface area contributed by atoms with E-state index in [4.69, 9.17) is 5.11 Å². The van der Waals surface area contributed by atoms with Crippen molar-refractivity contribution in [3.63, 3.8) is 0 Å². The number of thioether (sulfide) groups is 1. The van der Waals surface area contributed by atoms with Crippen LogP contribution in [0.4, 0.5) is 5.69 Å². The first kappa shape index (κ1) is 14.9. The van der Waals surface area contributed by atoms with Gasteiger partial charge in [0.2, 0.25) is 5.91 Å². The van der Waals surface area contributed by atoms with Crippen molar-refractivity contribution in [1.29, 1.82) is 0 Å². The van der Waals surface area contributed by atoms with E-state index in [1.165, 1.54) is 11.8 Å². The van der Waals surface area contributed by atoms with E-state index in [-0.39, 0.29) is 24.5 Å². The van der Waals surface area contributed by atoms with E-state index >= 15 is 0 Å². The Kier molecular flexibility index (Phi) is 5.03. The van der Waals surface area contributed by atoms with Crippen LogP contribution in [-0.4, -0.2) is 35.3 Å². The Balaban J connectivity index is 2.03. The molecule has 0 saturated heterocycles. The molecule has 0 fully saturated rings. The first-order chi connectivity index (χ1) is 9.60. The molecule has 2 amide bonds. The molecule has 1 aliphatic heterocycles. The fourth-order valence-electron chi connectivity index (χ4n) is 2.00. The molecular formula is C14H18N2O3S. The summed E-state index contributed by atoms with van der Waals surface area (Å²) in [7, 11) is 0. The summed E-state index contributed by atoms with van der Waals surface area (Å²) in [5, 5.41) is 14.4. The number of carbonyl (C=O) groups is 2. The number of anilines is 1. The van der Waals surface area contributed by atoms with E-state index in [0.29, 0.717) is 23.4 Å². The molecule has 1 atom stereocenters. The van der Waals surface area contributed by atoms with Gasteiger partial charge in [0.1, 0.15) is 0 Å². The number of aliphatic hydroxyl groups is 1. The van der Waals surface area contributed by atoms with Gasteiger partial charge in [-0.2, -0.15) is 0 Å². The number of aliphatic hydroxyl groups excluding tert-OH is 1. The van der Waals surface area contributed by atoms with Crippen molar-refractivity contribution in [2.24, 2.45) is 0 Å². The van der Waals surface area contributed by atoms with Crippen LogP contribution in [0, 0.1) is 0 Å². The minimum Gasteiger partial charge on any atom is -0.396 e. The smallest absolute Gasteiger partial charge is 0.251 e. The summed E-state index contributed by atoms with van der Waals surface area (Å²) in [6.07, 6.45) is 1.40. The fraction of sp³-hybridized carbons (Fsp3) is 0.429. The number of nitrogens with one attached hydrogen (secondary N) is 2. The lowest BCUT2D eigenvalue weighted by molar-refractivity contribution is -0.113. The van der Waals surface area contributed by atoms with Gasteiger partial charge < -0.3 is 15.7 Å². The van der Waals surface area contributed by atoms with Crippen molar-refractivity contribution in [2.75, 3.05) is 17.7 Å². The predicted octanol–water partition coefficient (Wildman–Crippen LogP) is 1.62. The molecule has 2 rings (SSSR count). The average molecular weight is 294 g/mol. The molecule has 108 valence electrons. The third-order valence-electron chi connectivity index (χ3n) is 3.05. The molecule has 0 aromatic heterocycles. The minimum absolute atomic E-state index is 0.00893. The van der Waals surface area contributed by atoms with Gasteiger partial charge >= 0.3 is 0 Å². The molecule has 1 heterocycles. The fourth-order valence-corrected chi connectivity index (χ4v) is 2.79. The quantitative estimate of drug-likeness (QED) is 0.771. The first-order valence-corrected chi connectivity index (χ1v) is 7.57. The Bertz CT molecular complexity index is 519. The summed E-state index contributed by atoms with van der Waals surface area (Å²) >= 11 is 1.47. The van der Waals surface area contributed by atoms with E-state index in [1.807, 2.05) is 13.0 Å². The summed E-state index contributed by atoms with van der Waals surface area (Å²) in [5.74, 6) is 0.205. The number of carbonyl (C=O) groups excluding carboxylic acids is 2. The second kappa shape index (κ2) is 6.76. The standard InChI is InChI=1S/C14H18N2O3S/c1-9(3-2-6-17)15-14(19)10-4-5-12-11(7-10)16-13(18)8-20-12/h4-5,7,9,17H,2-3,6,8H2,1H3,(H,15,19)(H,16,18). The highest BCUT2D eigenvalue weighted by Gasteiger charge is 2.17. The maximum atomic E-state index is 12.1. The maximum absolute atomic E-state index is 12.1. The van der Waals surface area contributed by atoms with Gasteiger partial charge in [0.15, 0.2) is 0 Å². The highest BCUT2D eigenvalue weighted by Crippen LogP contribution is 2.31. The van der Waals surface area contributed by atoms with Crippen LogP contribution in [0.25, 0.3) is 0 Å². The highest BCUT2D eigenvalue weighted by molar-refractivity contribution is 8.00. The Hall–Kier alpha value is -1.53. The van der Waals surface area contributed by atoms with Crippen molar-refractivity contribution in [3.05, 3.63) is 23.8 Å². The Labute approximate surface area is 122 Å². The van der Waals surface area contributed by atoms with Crippen LogP contribution in [0.15, 0.2) is 23.1 Å². The van der Waals surface area contributed by atoms with Crippen LogP contribution < -0.4 is 10.6 Å². The second-order valence-electron chi connectivity index (χ2n) is 4.79. The lowest BCUT2D eigenvalue weighted by atomic mass is 10.1. The summed E-state index contributed by atoms with van der Waals surface area (Å²) in [6.45, 7) is 2.03. The van der Waals surface area contributed by atoms with Crippen LogP contribution in [0.3, 0.4) is 0 Å². The van der Waals surface area contributed by atoms with Crippen LogP contribution in [0.2, 0.25) is 0 Å². The largest absolute Gasteiger partial charge is 0.396 e. The highest BCUT2D eigenvalue weighted by atomic mass is 32.2. The van der Waals surface area contributed by atoms with Crippen LogP contribution in [0.5, 0.6) is 0 Å². The lowest BCUT2D eigenvalue weighted by Gasteiger charge is -2.18. The third-order valence-corrected chi connectivity index (χ3v) is 4.12.